The molecule has 26 heavy (non-hydrogen) atoms. The number of hydrogen-bond donors (Lipinski definition) is 2. The van der Waals surface area contributed by atoms with Crippen molar-refractivity contribution in [2.45, 2.75) is 33.2 Å². The minimum absolute atomic E-state index is 0.00872. The van der Waals surface area contributed by atoms with E-state index in [9.17, 15) is 13.2 Å². The molecular weight excluding hydrogens is 352 g/mol. The average Bonchev–Trinajstić information content (AvgIpc) is 2.90. The van der Waals surface area contributed by atoms with Crippen LogP contribution < -0.4 is 10.6 Å². The highest BCUT2D eigenvalue weighted by Crippen LogP contribution is 2.24. The molecular formula is C18H22N4O3S. The van der Waals surface area contributed by atoms with E-state index < -0.39 is 9.84 Å². The normalized spacial score (nSPS) is 18.5. The highest BCUT2D eigenvalue weighted by atomic mass is 32.2. The Balaban J connectivity index is 1.68. The molecule has 1 saturated heterocycles. The Bertz CT molecular complexity index is 916. The molecule has 1 atom stereocenters. The van der Waals surface area contributed by atoms with E-state index in [2.05, 4.69) is 32.7 Å². The number of rotatable bonds is 4. The summed E-state index contributed by atoms with van der Waals surface area (Å²) in [6, 6.07) is 3.81. The molecule has 1 aliphatic heterocycles. The van der Waals surface area contributed by atoms with E-state index in [1.165, 1.54) is 18.0 Å². The van der Waals surface area contributed by atoms with Crippen LogP contribution in [0.1, 0.15) is 33.5 Å². The first-order valence-corrected chi connectivity index (χ1v) is 10.2. The fourth-order valence-corrected chi connectivity index (χ4v) is 4.85. The van der Waals surface area contributed by atoms with Crippen molar-refractivity contribution in [3.8, 4) is 0 Å². The van der Waals surface area contributed by atoms with Crippen LogP contribution in [0.15, 0.2) is 24.5 Å². The lowest BCUT2D eigenvalue weighted by Gasteiger charge is -2.13. The van der Waals surface area contributed by atoms with E-state index in [0.29, 0.717) is 17.9 Å². The fourth-order valence-electron chi connectivity index (χ4n) is 3.18. The van der Waals surface area contributed by atoms with Crippen LogP contribution in [0.25, 0.3) is 0 Å². The second-order valence-corrected chi connectivity index (χ2v) is 9.00. The zero-order chi connectivity index (χ0) is 18.9. The molecule has 0 aliphatic carbocycles. The van der Waals surface area contributed by atoms with Crippen LogP contribution in [0.3, 0.4) is 0 Å². The van der Waals surface area contributed by atoms with E-state index in [4.69, 9.17) is 0 Å². The Morgan fingerprint density at radius 2 is 1.73 bits per heavy atom. The first-order chi connectivity index (χ1) is 12.2. The summed E-state index contributed by atoms with van der Waals surface area (Å²) in [4.78, 5) is 20.6. The van der Waals surface area contributed by atoms with Crippen molar-refractivity contribution in [3.63, 3.8) is 0 Å². The zero-order valence-corrected chi connectivity index (χ0v) is 15.9. The molecule has 1 fully saturated rings. The van der Waals surface area contributed by atoms with Gasteiger partial charge in [-0.3, -0.25) is 4.79 Å². The van der Waals surface area contributed by atoms with Gasteiger partial charge in [-0.1, -0.05) is 17.7 Å². The molecule has 0 saturated carbocycles. The Morgan fingerprint density at radius 1 is 1.12 bits per heavy atom. The summed E-state index contributed by atoms with van der Waals surface area (Å²) >= 11 is 0. The Kier molecular flexibility index (Phi) is 4.95. The van der Waals surface area contributed by atoms with Crippen molar-refractivity contribution >= 4 is 27.4 Å². The van der Waals surface area contributed by atoms with Crippen LogP contribution in [0.5, 0.6) is 0 Å². The van der Waals surface area contributed by atoms with Gasteiger partial charge in [0.25, 0.3) is 5.91 Å². The van der Waals surface area contributed by atoms with Gasteiger partial charge in [0.2, 0.25) is 5.95 Å². The lowest BCUT2D eigenvalue weighted by Crippen LogP contribution is -2.35. The maximum atomic E-state index is 12.2. The quantitative estimate of drug-likeness (QED) is 0.849. The summed E-state index contributed by atoms with van der Waals surface area (Å²) in [7, 11) is -3.03. The van der Waals surface area contributed by atoms with Crippen molar-refractivity contribution in [1.29, 1.82) is 0 Å². The molecule has 2 heterocycles. The molecule has 3 rings (SSSR count). The maximum absolute atomic E-state index is 12.2. The number of nitrogens with zero attached hydrogens (tertiary/aromatic N) is 2. The van der Waals surface area contributed by atoms with Crippen LogP contribution >= 0.6 is 0 Å². The summed E-state index contributed by atoms with van der Waals surface area (Å²) in [5.74, 6) is 0.152. The Labute approximate surface area is 153 Å². The Morgan fingerprint density at radius 3 is 2.27 bits per heavy atom. The molecule has 0 spiro atoms. The number of anilines is 2. The number of carbonyl (C=O) groups excluding carboxylic acids is 1. The third kappa shape index (κ3) is 4.19. The van der Waals surface area contributed by atoms with E-state index >= 15 is 0 Å². The van der Waals surface area contributed by atoms with Crippen LogP contribution in [0.4, 0.5) is 11.6 Å². The average molecular weight is 374 g/mol. The summed E-state index contributed by atoms with van der Waals surface area (Å²) in [6.07, 6.45) is 3.32. The highest BCUT2D eigenvalue weighted by Gasteiger charge is 2.29. The molecule has 8 heteroatoms. The van der Waals surface area contributed by atoms with Gasteiger partial charge < -0.3 is 10.6 Å². The molecule has 1 aromatic heterocycles. The summed E-state index contributed by atoms with van der Waals surface area (Å²) in [5, 5.41) is 5.91. The van der Waals surface area contributed by atoms with Crippen molar-refractivity contribution in [2.24, 2.45) is 0 Å². The molecule has 0 bridgehead atoms. The largest absolute Gasteiger partial charge is 0.348 e. The molecule has 1 unspecified atom stereocenters. The van der Waals surface area contributed by atoms with Crippen molar-refractivity contribution in [3.05, 3.63) is 46.8 Å². The monoisotopic (exact) mass is 374 g/mol. The van der Waals surface area contributed by atoms with Gasteiger partial charge in [-0.05, 0) is 38.3 Å². The van der Waals surface area contributed by atoms with Gasteiger partial charge in [0.05, 0.1) is 17.1 Å². The number of nitrogens with one attached hydrogen (secondary N) is 2. The van der Waals surface area contributed by atoms with E-state index in [1.807, 2.05) is 20.8 Å². The van der Waals surface area contributed by atoms with Gasteiger partial charge in [0, 0.05) is 24.1 Å². The predicted molar refractivity (Wildman–Crippen MR) is 100 cm³/mol. The molecule has 2 aromatic rings. The number of carbonyl (C=O) groups is 1. The number of aromatic nitrogens is 2. The summed E-state index contributed by atoms with van der Waals surface area (Å²) in [6.45, 7) is 6.07. The minimum atomic E-state index is -3.03. The second-order valence-electron chi connectivity index (χ2n) is 6.77. The van der Waals surface area contributed by atoms with E-state index in [1.54, 1.807) is 0 Å². The summed E-state index contributed by atoms with van der Waals surface area (Å²) < 4.78 is 22.9. The molecule has 7 nitrogen and oxygen atoms in total. The van der Waals surface area contributed by atoms with Crippen molar-refractivity contribution < 1.29 is 13.2 Å². The van der Waals surface area contributed by atoms with Gasteiger partial charge in [-0.15, -0.1) is 0 Å². The van der Waals surface area contributed by atoms with Gasteiger partial charge in [-0.2, -0.15) is 0 Å². The fraction of sp³-hybridized carbons (Fsp3) is 0.389. The van der Waals surface area contributed by atoms with Gasteiger partial charge in [0.15, 0.2) is 9.84 Å². The molecule has 2 N–H and O–H groups in total. The SMILES string of the molecule is Cc1cc(C)c(Nc2ncc(C(=O)NC3CCS(=O)(=O)C3)cn2)c(C)c1. The molecule has 1 aromatic carbocycles. The zero-order valence-electron chi connectivity index (χ0n) is 15.0. The third-order valence-corrected chi connectivity index (χ3v) is 6.16. The lowest BCUT2D eigenvalue weighted by molar-refractivity contribution is 0.0940. The lowest BCUT2D eigenvalue weighted by atomic mass is 10.1. The van der Waals surface area contributed by atoms with Gasteiger partial charge in [-0.25, -0.2) is 18.4 Å². The number of aryl methyl sites for hydroxylation is 3. The summed E-state index contributed by atoms with van der Waals surface area (Å²) in [5.41, 5.74) is 4.62. The number of sulfone groups is 1. The van der Waals surface area contributed by atoms with Gasteiger partial charge >= 0.3 is 0 Å². The number of hydrogen-bond acceptors (Lipinski definition) is 6. The maximum Gasteiger partial charge on any atom is 0.254 e. The predicted octanol–water partition coefficient (Wildman–Crippen LogP) is 2.06. The van der Waals surface area contributed by atoms with Gasteiger partial charge in [0.1, 0.15) is 0 Å². The molecule has 1 amide bonds. The van der Waals surface area contributed by atoms with Crippen molar-refractivity contribution in [2.75, 3.05) is 16.8 Å². The van der Waals surface area contributed by atoms with Crippen LogP contribution in [-0.2, 0) is 9.84 Å². The first kappa shape index (κ1) is 18.3. The van der Waals surface area contributed by atoms with Crippen LogP contribution in [0.2, 0.25) is 0 Å². The number of benzene rings is 1. The van der Waals surface area contributed by atoms with Crippen molar-refractivity contribution in [1.82, 2.24) is 15.3 Å². The minimum Gasteiger partial charge on any atom is -0.348 e. The highest BCUT2D eigenvalue weighted by molar-refractivity contribution is 7.91. The van der Waals surface area contributed by atoms with Crippen LogP contribution in [-0.4, -0.2) is 41.8 Å². The molecule has 0 radical (unpaired) electrons. The van der Waals surface area contributed by atoms with E-state index in [0.717, 1.165) is 16.8 Å². The number of amides is 1. The second kappa shape index (κ2) is 7.03. The first-order valence-electron chi connectivity index (χ1n) is 8.42. The standard InChI is InChI=1S/C18H22N4O3S/c1-11-6-12(2)16(13(3)7-11)22-18-19-8-14(9-20-18)17(23)21-15-4-5-26(24,25)10-15/h6-9,15H,4-5,10H2,1-3H3,(H,21,23)(H,19,20,22). The smallest absolute Gasteiger partial charge is 0.254 e. The third-order valence-electron chi connectivity index (χ3n) is 4.40. The topological polar surface area (TPSA) is 101 Å². The molecule has 1 aliphatic rings. The Hall–Kier alpha value is -2.48. The van der Waals surface area contributed by atoms with E-state index in [-0.39, 0.29) is 23.5 Å². The van der Waals surface area contributed by atoms with Crippen LogP contribution in [0, 0.1) is 20.8 Å². The molecule has 138 valence electrons.